The first-order valence-electron chi connectivity index (χ1n) is 3.66. The third kappa shape index (κ3) is 1.42. The van der Waals surface area contributed by atoms with Crippen LogP contribution in [-0.4, -0.2) is 17.2 Å². The van der Waals surface area contributed by atoms with E-state index in [1.54, 1.807) is 0 Å². The molecule has 0 unspecified atom stereocenters. The van der Waals surface area contributed by atoms with E-state index in [2.05, 4.69) is 0 Å². The van der Waals surface area contributed by atoms with Gasteiger partial charge < -0.3 is 0 Å². The summed E-state index contributed by atoms with van der Waals surface area (Å²) < 4.78 is 12.8. The molecule has 0 bridgehead atoms. The van der Waals surface area contributed by atoms with E-state index in [1.807, 2.05) is 13.8 Å². The zero-order valence-electron chi connectivity index (χ0n) is 6.10. The summed E-state index contributed by atoms with van der Waals surface area (Å²) in [6.07, 6.45) is 3.21. The van der Waals surface area contributed by atoms with Crippen molar-refractivity contribution in [3.63, 3.8) is 0 Å². The summed E-state index contributed by atoms with van der Waals surface area (Å²) in [4.78, 5) is 0. The van der Waals surface area contributed by atoms with Gasteiger partial charge in [0.25, 0.3) is 0 Å². The van der Waals surface area contributed by atoms with Crippen LogP contribution in [0.5, 0.6) is 0 Å². The highest BCUT2D eigenvalue weighted by Crippen LogP contribution is 2.21. The molecule has 0 amide bonds. The van der Waals surface area contributed by atoms with Gasteiger partial charge in [0.1, 0.15) is 0 Å². The van der Waals surface area contributed by atoms with Crippen LogP contribution in [0.4, 0.5) is 4.48 Å². The molecule has 1 saturated heterocycles. The predicted molar refractivity (Wildman–Crippen MR) is 35.7 cm³/mol. The van der Waals surface area contributed by atoms with E-state index >= 15 is 0 Å². The summed E-state index contributed by atoms with van der Waals surface area (Å²) in [5.74, 6) is 0. The Balaban J connectivity index is 2.41. The highest BCUT2D eigenvalue weighted by atomic mass is 19.2. The molecule has 54 valence electrons. The van der Waals surface area contributed by atoms with E-state index in [-0.39, 0.29) is 12.1 Å². The standard InChI is InChI=1S/C7H14FN/c1-6-4-3-5-7(2)9(6)8/h6-7H,3-5H2,1-2H3/t6-,7+. The number of piperidine rings is 1. The first-order valence-corrected chi connectivity index (χ1v) is 3.66. The molecule has 0 spiro atoms. The average molecular weight is 131 g/mol. The maximum atomic E-state index is 12.8. The maximum absolute atomic E-state index is 12.8. The fourth-order valence-electron chi connectivity index (χ4n) is 1.39. The van der Waals surface area contributed by atoms with Crippen molar-refractivity contribution < 1.29 is 4.48 Å². The number of nitrogens with zero attached hydrogens (tertiary/aromatic N) is 1. The van der Waals surface area contributed by atoms with E-state index in [0.717, 1.165) is 18.0 Å². The molecule has 1 fully saturated rings. The van der Waals surface area contributed by atoms with Crippen molar-refractivity contribution in [1.82, 2.24) is 5.12 Å². The first kappa shape index (κ1) is 7.00. The highest BCUT2D eigenvalue weighted by Gasteiger charge is 2.23. The van der Waals surface area contributed by atoms with Crippen molar-refractivity contribution in [2.45, 2.75) is 45.2 Å². The molecule has 9 heavy (non-hydrogen) atoms. The largest absolute Gasteiger partial charge is 0.141 e. The molecule has 0 radical (unpaired) electrons. The monoisotopic (exact) mass is 131 g/mol. The second-order valence-corrected chi connectivity index (χ2v) is 2.97. The van der Waals surface area contributed by atoms with E-state index in [4.69, 9.17) is 0 Å². The summed E-state index contributed by atoms with van der Waals surface area (Å²) >= 11 is 0. The second kappa shape index (κ2) is 2.65. The molecule has 0 N–H and O–H groups in total. The Morgan fingerprint density at radius 1 is 1.22 bits per heavy atom. The lowest BCUT2D eigenvalue weighted by molar-refractivity contribution is -0.0758. The highest BCUT2D eigenvalue weighted by molar-refractivity contribution is 4.72. The van der Waals surface area contributed by atoms with Gasteiger partial charge in [0, 0.05) is 12.1 Å². The molecule has 1 rings (SSSR count). The Kier molecular flexibility index (Phi) is 2.06. The molecule has 0 aromatic carbocycles. The van der Waals surface area contributed by atoms with Crippen LogP contribution in [0.2, 0.25) is 0 Å². The van der Waals surface area contributed by atoms with E-state index in [1.165, 1.54) is 6.42 Å². The Labute approximate surface area is 55.8 Å². The van der Waals surface area contributed by atoms with Gasteiger partial charge in [0.05, 0.1) is 0 Å². The lowest BCUT2D eigenvalue weighted by Crippen LogP contribution is -2.37. The summed E-state index contributed by atoms with van der Waals surface area (Å²) in [7, 11) is 0. The molecule has 2 atom stereocenters. The second-order valence-electron chi connectivity index (χ2n) is 2.97. The average Bonchev–Trinajstić information content (AvgIpc) is 1.83. The van der Waals surface area contributed by atoms with Crippen molar-refractivity contribution in [2.75, 3.05) is 0 Å². The predicted octanol–water partition coefficient (Wildman–Crippen LogP) is 2.13. The van der Waals surface area contributed by atoms with Gasteiger partial charge in [-0.3, -0.25) is 0 Å². The Hall–Kier alpha value is -0.110. The summed E-state index contributed by atoms with van der Waals surface area (Å²) in [6.45, 7) is 3.88. The Morgan fingerprint density at radius 3 is 2.00 bits per heavy atom. The molecule has 1 heterocycles. The van der Waals surface area contributed by atoms with Gasteiger partial charge in [-0.05, 0) is 26.7 Å². The molecule has 1 nitrogen and oxygen atoms in total. The summed E-state index contributed by atoms with van der Waals surface area (Å²) in [5.41, 5.74) is 0. The van der Waals surface area contributed by atoms with Crippen LogP contribution in [0, 0.1) is 0 Å². The van der Waals surface area contributed by atoms with Crippen molar-refractivity contribution >= 4 is 0 Å². The quantitative estimate of drug-likeness (QED) is 0.455. The lowest BCUT2D eigenvalue weighted by Gasteiger charge is -2.30. The summed E-state index contributed by atoms with van der Waals surface area (Å²) in [5, 5.41) is 0.976. The smallest absolute Gasteiger partial charge is 0.0377 e. The molecule has 2 heteroatoms. The molecule has 0 aromatic rings. The van der Waals surface area contributed by atoms with Crippen LogP contribution in [0.15, 0.2) is 0 Å². The zero-order chi connectivity index (χ0) is 6.85. The normalized spacial score (nSPS) is 39.0. The van der Waals surface area contributed by atoms with Crippen LogP contribution in [0.25, 0.3) is 0 Å². The van der Waals surface area contributed by atoms with Gasteiger partial charge in [-0.15, -0.1) is 9.60 Å². The SMILES string of the molecule is C[C@@H]1CCC[C@H](C)N1F. The van der Waals surface area contributed by atoms with Crippen LogP contribution in [0.1, 0.15) is 33.1 Å². The van der Waals surface area contributed by atoms with Crippen LogP contribution in [0.3, 0.4) is 0 Å². The number of rotatable bonds is 0. The van der Waals surface area contributed by atoms with Crippen molar-refractivity contribution in [2.24, 2.45) is 0 Å². The lowest BCUT2D eigenvalue weighted by atomic mass is 10.0. The van der Waals surface area contributed by atoms with Crippen molar-refractivity contribution in [1.29, 1.82) is 0 Å². The maximum Gasteiger partial charge on any atom is 0.0377 e. The van der Waals surface area contributed by atoms with Crippen LogP contribution >= 0.6 is 0 Å². The molecule has 1 aliphatic heterocycles. The van der Waals surface area contributed by atoms with Crippen LogP contribution < -0.4 is 0 Å². The van der Waals surface area contributed by atoms with Gasteiger partial charge in [0.2, 0.25) is 0 Å². The van der Waals surface area contributed by atoms with Crippen LogP contribution in [-0.2, 0) is 0 Å². The fourth-order valence-corrected chi connectivity index (χ4v) is 1.39. The Morgan fingerprint density at radius 2 is 1.67 bits per heavy atom. The minimum Gasteiger partial charge on any atom is -0.141 e. The van der Waals surface area contributed by atoms with E-state index in [0.29, 0.717) is 0 Å². The van der Waals surface area contributed by atoms with E-state index in [9.17, 15) is 4.48 Å². The van der Waals surface area contributed by atoms with Gasteiger partial charge >= 0.3 is 0 Å². The summed E-state index contributed by atoms with van der Waals surface area (Å²) in [6, 6.07) is 0.294. The van der Waals surface area contributed by atoms with Crippen molar-refractivity contribution in [3.05, 3.63) is 0 Å². The zero-order valence-corrected chi connectivity index (χ0v) is 6.10. The molecule has 1 aliphatic rings. The molecule has 0 saturated carbocycles. The molecular weight excluding hydrogens is 117 g/mol. The number of hydrogen-bond acceptors (Lipinski definition) is 1. The fraction of sp³-hybridized carbons (Fsp3) is 1.00. The molecule has 0 aromatic heterocycles. The van der Waals surface area contributed by atoms with Gasteiger partial charge in [-0.25, -0.2) is 0 Å². The van der Waals surface area contributed by atoms with Gasteiger partial charge in [-0.1, -0.05) is 6.42 Å². The number of halogens is 1. The molecule has 0 aliphatic carbocycles. The third-order valence-corrected chi connectivity index (χ3v) is 2.09. The first-order chi connectivity index (χ1) is 4.22. The minimum atomic E-state index is 0.147. The molecular formula is C7H14FN. The van der Waals surface area contributed by atoms with Crippen molar-refractivity contribution in [3.8, 4) is 0 Å². The third-order valence-electron chi connectivity index (χ3n) is 2.09. The minimum absolute atomic E-state index is 0.147. The topological polar surface area (TPSA) is 3.24 Å². The Bertz CT molecular complexity index is 84.9. The number of hydrogen-bond donors (Lipinski definition) is 0. The van der Waals surface area contributed by atoms with Gasteiger partial charge in [-0.2, -0.15) is 0 Å². The van der Waals surface area contributed by atoms with Gasteiger partial charge in [0.15, 0.2) is 0 Å². The van der Waals surface area contributed by atoms with E-state index < -0.39 is 0 Å².